The molecule has 0 fully saturated rings. The van der Waals surface area contributed by atoms with Crippen LogP contribution in [0.15, 0.2) is 47.4 Å². The first kappa shape index (κ1) is 20.7. The number of halogens is 2. The van der Waals surface area contributed by atoms with Gasteiger partial charge in [-0.25, -0.2) is 13.1 Å². The fourth-order valence-corrected chi connectivity index (χ4v) is 4.49. The second-order valence-electron chi connectivity index (χ2n) is 6.14. The van der Waals surface area contributed by atoms with E-state index in [4.69, 9.17) is 23.2 Å². The molecule has 0 aliphatic rings. The molecule has 2 N–H and O–H groups in total. The monoisotopic (exact) mass is 414 g/mol. The van der Waals surface area contributed by atoms with Crippen LogP contribution in [-0.2, 0) is 10.0 Å². The van der Waals surface area contributed by atoms with Gasteiger partial charge < -0.3 is 5.32 Å². The SMILES string of the molecule is CC(C)NS(=O)(=O)c1cc(C(=O)NC(C)c2ccccc2)c(Cl)cc1Cl. The van der Waals surface area contributed by atoms with Crippen molar-refractivity contribution in [2.45, 2.75) is 37.8 Å². The van der Waals surface area contributed by atoms with Crippen LogP contribution in [0.3, 0.4) is 0 Å². The number of rotatable bonds is 6. The van der Waals surface area contributed by atoms with E-state index in [0.29, 0.717) is 0 Å². The average Bonchev–Trinajstić information content (AvgIpc) is 2.54. The summed E-state index contributed by atoms with van der Waals surface area (Å²) in [6.45, 7) is 5.21. The van der Waals surface area contributed by atoms with Gasteiger partial charge in [0, 0.05) is 6.04 Å². The number of benzene rings is 2. The molecular weight excluding hydrogens is 395 g/mol. The summed E-state index contributed by atoms with van der Waals surface area (Å²) < 4.78 is 27.3. The van der Waals surface area contributed by atoms with Crippen molar-refractivity contribution in [2.75, 3.05) is 0 Å². The number of carbonyl (C=O) groups excluding carboxylic acids is 1. The van der Waals surface area contributed by atoms with Crippen LogP contribution < -0.4 is 10.0 Å². The van der Waals surface area contributed by atoms with Crippen LogP contribution in [-0.4, -0.2) is 20.4 Å². The van der Waals surface area contributed by atoms with E-state index in [1.54, 1.807) is 13.8 Å². The molecule has 2 aromatic rings. The van der Waals surface area contributed by atoms with Gasteiger partial charge in [-0.1, -0.05) is 53.5 Å². The summed E-state index contributed by atoms with van der Waals surface area (Å²) in [5.74, 6) is -0.482. The number of sulfonamides is 1. The van der Waals surface area contributed by atoms with Gasteiger partial charge in [-0.2, -0.15) is 0 Å². The smallest absolute Gasteiger partial charge is 0.253 e. The highest BCUT2D eigenvalue weighted by molar-refractivity contribution is 7.89. The zero-order valence-electron chi connectivity index (χ0n) is 14.6. The molecule has 0 saturated heterocycles. The molecule has 0 radical (unpaired) electrons. The van der Waals surface area contributed by atoms with Crippen molar-refractivity contribution >= 4 is 39.1 Å². The Bertz CT molecular complexity index is 900. The number of hydrogen-bond acceptors (Lipinski definition) is 3. The Kier molecular flexibility index (Phi) is 6.69. The van der Waals surface area contributed by atoms with E-state index >= 15 is 0 Å². The van der Waals surface area contributed by atoms with Gasteiger partial charge in [0.1, 0.15) is 4.90 Å². The Balaban J connectivity index is 2.34. The second-order valence-corrected chi connectivity index (χ2v) is 8.64. The highest BCUT2D eigenvalue weighted by Crippen LogP contribution is 2.29. The van der Waals surface area contributed by atoms with Crippen LogP contribution in [0, 0.1) is 0 Å². The van der Waals surface area contributed by atoms with E-state index in [0.717, 1.165) is 5.56 Å². The van der Waals surface area contributed by atoms with E-state index in [-0.39, 0.29) is 32.6 Å². The lowest BCUT2D eigenvalue weighted by atomic mass is 10.1. The van der Waals surface area contributed by atoms with Gasteiger partial charge in [-0.3, -0.25) is 4.79 Å². The molecule has 0 spiro atoms. The molecule has 0 bridgehead atoms. The van der Waals surface area contributed by atoms with E-state index in [2.05, 4.69) is 10.0 Å². The first-order chi connectivity index (χ1) is 12.1. The number of amides is 1. The molecule has 8 heteroatoms. The fourth-order valence-electron chi connectivity index (χ4n) is 2.38. The normalized spacial score (nSPS) is 12.8. The van der Waals surface area contributed by atoms with Crippen molar-refractivity contribution in [3.05, 3.63) is 63.6 Å². The minimum atomic E-state index is -3.86. The summed E-state index contributed by atoms with van der Waals surface area (Å²) in [5.41, 5.74) is 0.961. The Morgan fingerprint density at radius 3 is 2.19 bits per heavy atom. The maximum Gasteiger partial charge on any atom is 0.253 e. The van der Waals surface area contributed by atoms with Crippen molar-refractivity contribution in [1.29, 1.82) is 0 Å². The van der Waals surface area contributed by atoms with E-state index < -0.39 is 15.9 Å². The fraction of sp³-hybridized carbons (Fsp3) is 0.278. The first-order valence-corrected chi connectivity index (χ1v) is 10.2. The predicted octanol–water partition coefficient (Wildman–Crippen LogP) is 4.17. The van der Waals surface area contributed by atoms with Crippen LogP contribution in [0.25, 0.3) is 0 Å². The lowest BCUT2D eigenvalue weighted by molar-refractivity contribution is 0.0940. The molecule has 2 rings (SSSR count). The maximum absolute atomic E-state index is 12.6. The van der Waals surface area contributed by atoms with Gasteiger partial charge in [-0.05, 0) is 38.5 Å². The predicted molar refractivity (Wildman–Crippen MR) is 104 cm³/mol. The third-order valence-corrected chi connectivity index (χ3v) is 6.03. The Morgan fingerprint density at radius 2 is 1.62 bits per heavy atom. The summed E-state index contributed by atoms with van der Waals surface area (Å²) in [6.07, 6.45) is 0. The number of hydrogen-bond donors (Lipinski definition) is 2. The van der Waals surface area contributed by atoms with Gasteiger partial charge in [0.05, 0.1) is 21.7 Å². The highest BCUT2D eigenvalue weighted by Gasteiger charge is 2.24. The van der Waals surface area contributed by atoms with Crippen molar-refractivity contribution in [2.24, 2.45) is 0 Å². The molecule has 0 saturated carbocycles. The summed E-state index contributed by atoms with van der Waals surface area (Å²) in [7, 11) is -3.86. The molecule has 2 aromatic carbocycles. The minimum absolute atomic E-state index is 0.0444. The van der Waals surface area contributed by atoms with Crippen LogP contribution in [0.1, 0.15) is 42.7 Å². The third kappa shape index (κ3) is 4.98. The molecule has 0 aliphatic carbocycles. The summed E-state index contributed by atoms with van der Waals surface area (Å²) >= 11 is 12.2. The van der Waals surface area contributed by atoms with E-state index in [1.807, 2.05) is 37.3 Å². The zero-order chi connectivity index (χ0) is 19.5. The summed E-state index contributed by atoms with van der Waals surface area (Å²) in [4.78, 5) is 12.4. The summed E-state index contributed by atoms with van der Waals surface area (Å²) in [6, 6.07) is 11.3. The van der Waals surface area contributed by atoms with Crippen molar-refractivity contribution < 1.29 is 13.2 Å². The second kappa shape index (κ2) is 8.39. The Morgan fingerprint density at radius 1 is 1.00 bits per heavy atom. The van der Waals surface area contributed by atoms with Crippen molar-refractivity contribution in [3.8, 4) is 0 Å². The molecule has 1 unspecified atom stereocenters. The van der Waals surface area contributed by atoms with E-state index in [9.17, 15) is 13.2 Å². The molecule has 26 heavy (non-hydrogen) atoms. The molecule has 1 atom stereocenters. The first-order valence-electron chi connectivity index (χ1n) is 7.99. The Hall–Kier alpha value is -1.60. The van der Waals surface area contributed by atoms with E-state index in [1.165, 1.54) is 12.1 Å². The maximum atomic E-state index is 12.6. The lowest BCUT2D eigenvalue weighted by Gasteiger charge is -2.16. The van der Waals surface area contributed by atoms with Gasteiger partial charge in [0.15, 0.2) is 0 Å². The number of nitrogens with one attached hydrogen (secondary N) is 2. The van der Waals surface area contributed by atoms with Crippen LogP contribution in [0.4, 0.5) is 0 Å². The van der Waals surface area contributed by atoms with Crippen molar-refractivity contribution in [3.63, 3.8) is 0 Å². The zero-order valence-corrected chi connectivity index (χ0v) is 16.9. The van der Waals surface area contributed by atoms with Gasteiger partial charge in [0.25, 0.3) is 5.91 Å². The molecular formula is C18H20Cl2N2O3S. The number of carbonyl (C=O) groups is 1. The quantitative estimate of drug-likeness (QED) is 0.744. The van der Waals surface area contributed by atoms with Gasteiger partial charge >= 0.3 is 0 Å². The minimum Gasteiger partial charge on any atom is -0.345 e. The van der Waals surface area contributed by atoms with Crippen LogP contribution in [0.5, 0.6) is 0 Å². The Labute approximate surface area is 163 Å². The van der Waals surface area contributed by atoms with Crippen LogP contribution >= 0.6 is 23.2 Å². The van der Waals surface area contributed by atoms with Gasteiger partial charge in [0.2, 0.25) is 10.0 Å². The standard InChI is InChI=1S/C18H20Cl2N2O3S/c1-11(2)22-26(24,25)17-9-14(15(19)10-16(17)20)18(23)21-12(3)13-7-5-4-6-8-13/h4-12,22H,1-3H3,(H,21,23). The lowest BCUT2D eigenvalue weighted by Crippen LogP contribution is -2.31. The molecule has 5 nitrogen and oxygen atoms in total. The molecule has 0 aliphatic heterocycles. The average molecular weight is 415 g/mol. The highest BCUT2D eigenvalue weighted by atomic mass is 35.5. The van der Waals surface area contributed by atoms with Gasteiger partial charge in [-0.15, -0.1) is 0 Å². The largest absolute Gasteiger partial charge is 0.345 e. The topological polar surface area (TPSA) is 75.3 Å². The molecule has 0 heterocycles. The third-order valence-electron chi connectivity index (χ3n) is 3.59. The van der Waals surface area contributed by atoms with Crippen LogP contribution in [0.2, 0.25) is 10.0 Å². The van der Waals surface area contributed by atoms with Crippen molar-refractivity contribution in [1.82, 2.24) is 10.0 Å². The molecule has 1 amide bonds. The molecule has 0 aromatic heterocycles. The summed E-state index contributed by atoms with van der Waals surface area (Å²) in [5, 5.41) is 2.84. The molecule has 140 valence electrons.